The topological polar surface area (TPSA) is 21.6 Å². The molecule has 0 bridgehead atoms. The Kier molecular flexibility index (Phi) is 7.33. The summed E-state index contributed by atoms with van der Waals surface area (Å²) >= 11 is 6.79. The van der Waals surface area contributed by atoms with E-state index in [4.69, 9.17) is 20.2 Å². The van der Waals surface area contributed by atoms with E-state index in [9.17, 15) is 13.2 Å². The van der Waals surface area contributed by atoms with Gasteiger partial charge in [0, 0.05) is 4.91 Å². The van der Waals surface area contributed by atoms with Gasteiger partial charge in [-0.2, -0.15) is 13.2 Å². The molecular weight excluding hydrogens is 382 g/mol. The van der Waals surface area contributed by atoms with Gasteiger partial charge in [0.1, 0.15) is 6.61 Å². The highest BCUT2D eigenvalue weighted by Crippen LogP contribution is 2.66. The lowest BCUT2D eigenvalue weighted by Gasteiger charge is -2.44. The first-order valence-corrected chi connectivity index (χ1v) is 20.6. The van der Waals surface area contributed by atoms with E-state index in [2.05, 4.69) is 39.3 Å². The largest absolute Gasteiger partial charge is 0.412 e. The lowest BCUT2D eigenvalue weighted by molar-refractivity contribution is -0.152. The molecule has 0 aromatic carbocycles. The monoisotopic (exact) mass is 411 g/mol. The average molecular weight is 412 g/mol. The van der Waals surface area contributed by atoms with Crippen LogP contribution in [0.5, 0.6) is 0 Å². The Bertz CT molecular complexity index is 425. The van der Waals surface area contributed by atoms with Gasteiger partial charge >= 0.3 is 6.18 Å². The van der Waals surface area contributed by atoms with Gasteiger partial charge < -0.3 is 8.93 Å². The number of halogens is 4. The van der Waals surface area contributed by atoms with Crippen LogP contribution in [0.2, 0.25) is 58.9 Å². The molecule has 0 amide bonds. The summed E-state index contributed by atoms with van der Waals surface area (Å²) in [5.41, 5.74) is 0. The molecule has 134 valence electrons. The van der Waals surface area contributed by atoms with Gasteiger partial charge in [-0.15, -0.1) is 0 Å². The minimum absolute atomic E-state index is 0.00300. The van der Waals surface area contributed by atoms with E-state index >= 15 is 0 Å². The second-order valence-corrected chi connectivity index (χ2v) is 29.5. The molecule has 0 heterocycles. The van der Waals surface area contributed by atoms with Crippen LogP contribution >= 0.6 is 17.9 Å². The number of hydrogen-bond acceptors (Lipinski definition) is 2. The van der Waals surface area contributed by atoms with Crippen LogP contribution in [0.25, 0.3) is 0 Å². The summed E-state index contributed by atoms with van der Waals surface area (Å²) in [6.07, 6.45) is -4.38. The van der Waals surface area contributed by atoms with Crippen molar-refractivity contribution in [3.05, 3.63) is 0 Å². The summed E-state index contributed by atoms with van der Waals surface area (Å²) in [6.45, 7) is 14.6. The maximum Gasteiger partial charge on any atom is 0.412 e. The van der Waals surface area contributed by atoms with Gasteiger partial charge in [-0.25, -0.2) is 0 Å². The molecule has 0 spiro atoms. The molecule has 0 aromatic rings. The molecule has 0 aliphatic heterocycles. The fourth-order valence-corrected chi connectivity index (χ4v) is 34.4. The number of nitrogens with zero attached hydrogens (tertiary/aromatic N) is 1. The third-order valence-electron chi connectivity index (χ3n) is 2.80. The highest BCUT2D eigenvalue weighted by atomic mass is 35.7. The maximum absolute atomic E-state index is 12.7. The Morgan fingerprint density at radius 3 is 1.55 bits per heavy atom. The fourth-order valence-electron chi connectivity index (χ4n) is 2.99. The average Bonchev–Trinajstić information content (AvgIpc) is 2.04. The lowest BCUT2D eigenvalue weighted by atomic mass is 10.7. The first-order valence-electron chi connectivity index (χ1n) is 7.32. The summed E-state index contributed by atoms with van der Waals surface area (Å²) in [6, 6.07) is 0. The molecule has 1 atom stereocenters. The van der Waals surface area contributed by atoms with Crippen LogP contribution in [0.4, 0.5) is 13.2 Å². The standard InChI is InChI=1S/C12H30ClF3NOPSi3/c1-20(2,3)11(21(4,5)6)19(13,17-22(7,8)9)18-10-12(14,15)16/h11H,10H2,1-9H3. The van der Waals surface area contributed by atoms with E-state index < -0.39 is 43.8 Å². The quantitative estimate of drug-likeness (QED) is 0.348. The van der Waals surface area contributed by atoms with Crippen molar-refractivity contribution < 1.29 is 17.7 Å². The molecule has 0 radical (unpaired) electrons. The molecule has 0 aromatic heterocycles. The van der Waals surface area contributed by atoms with E-state index in [1.807, 2.05) is 19.6 Å². The van der Waals surface area contributed by atoms with Crippen LogP contribution in [0.15, 0.2) is 4.41 Å². The van der Waals surface area contributed by atoms with Gasteiger partial charge in [0.15, 0.2) is 14.9 Å². The summed E-state index contributed by atoms with van der Waals surface area (Å²) in [5.74, 6) is 0. The zero-order valence-corrected chi connectivity index (χ0v) is 19.7. The van der Waals surface area contributed by atoms with Gasteiger partial charge in [-0.3, -0.25) is 0 Å². The minimum Gasteiger partial charge on any atom is -0.324 e. The molecule has 0 aliphatic carbocycles. The molecule has 0 rings (SSSR count). The molecule has 22 heavy (non-hydrogen) atoms. The summed E-state index contributed by atoms with van der Waals surface area (Å²) in [5, 5.41) is 0. The maximum atomic E-state index is 12.7. The fraction of sp³-hybridized carbons (Fsp3) is 1.00. The second kappa shape index (κ2) is 7.04. The van der Waals surface area contributed by atoms with Crippen molar-refractivity contribution in [3.63, 3.8) is 0 Å². The number of hydrogen-bond donors (Lipinski definition) is 0. The highest BCUT2D eigenvalue weighted by Gasteiger charge is 2.49. The van der Waals surface area contributed by atoms with Gasteiger partial charge in [0.2, 0.25) is 0 Å². The van der Waals surface area contributed by atoms with Crippen molar-refractivity contribution in [1.82, 2.24) is 0 Å². The van der Waals surface area contributed by atoms with E-state index in [-0.39, 0.29) is 4.91 Å². The molecular formula is C12H30ClF3NOPSi3. The van der Waals surface area contributed by atoms with Gasteiger partial charge in [-0.1, -0.05) is 39.3 Å². The molecule has 0 aliphatic rings. The van der Waals surface area contributed by atoms with Crippen LogP contribution in [-0.2, 0) is 4.52 Å². The molecule has 1 unspecified atom stereocenters. The minimum atomic E-state index is -4.38. The number of rotatable bonds is 6. The van der Waals surface area contributed by atoms with E-state index in [1.165, 1.54) is 0 Å². The summed E-state index contributed by atoms with van der Waals surface area (Å²) < 4.78 is 48.2. The van der Waals surface area contributed by atoms with Gasteiger partial charge in [-0.05, 0) is 30.9 Å². The number of alkyl halides is 3. The Hall–Kier alpha value is 0.921. The molecule has 0 N–H and O–H groups in total. The SMILES string of the molecule is C[Si](C)(C)N=P(Cl)(OCC(F)(F)F)C([Si](C)(C)C)[Si](C)(C)C. The lowest BCUT2D eigenvalue weighted by Crippen LogP contribution is -2.53. The van der Waals surface area contributed by atoms with Crippen molar-refractivity contribution in [3.8, 4) is 0 Å². The van der Waals surface area contributed by atoms with Crippen LogP contribution in [0, 0.1) is 0 Å². The molecule has 0 saturated heterocycles. The Labute approximate surface area is 141 Å². The first-order chi connectivity index (χ1) is 9.28. The van der Waals surface area contributed by atoms with Crippen molar-refractivity contribution in [2.45, 2.75) is 70.0 Å². The van der Waals surface area contributed by atoms with E-state index in [0.29, 0.717) is 0 Å². The molecule has 0 saturated carbocycles. The van der Waals surface area contributed by atoms with Crippen molar-refractivity contribution >= 4 is 42.3 Å². The molecule has 0 fully saturated rings. The molecule has 10 heteroatoms. The van der Waals surface area contributed by atoms with Gasteiger partial charge in [0.05, 0.1) is 16.1 Å². The van der Waals surface area contributed by atoms with Crippen molar-refractivity contribution in [1.29, 1.82) is 0 Å². The normalized spacial score (nSPS) is 17.5. The third-order valence-corrected chi connectivity index (χ3v) is 25.2. The van der Waals surface area contributed by atoms with Crippen LogP contribution < -0.4 is 0 Å². The zero-order chi connectivity index (χ0) is 18.2. The predicted octanol–water partition coefficient (Wildman–Crippen LogP) is 6.79. The smallest absolute Gasteiger partial charge is 0.324 e. The first kappa shape index (κ1) is 22.9. The van der Waals surface area contributed by atoms with Gasteiger partial charge in [0.25, 0.3) is 0 Å². The summed E-state index contributed by atoms with van der Waals surface area (Å²) in [4.78, 5) is 0.00300. The van der Waals surface area contributed by atoms with Crippen LogP contribution in [0.1, 0.15) is 0 Å². The molecule has 2 nitrogen and oxygen atoms in total. The van der Waals surface area contributed by atoms with Crippen molar-refractivity contribution in [2.75, 3.05) is 6.61 Å². The van der Waals surface area contributed by atoms with Crippen LogP contribution in [0.3, 0.4) is 0 Å². The zero-order valence-electron chi connectivity index (χ0n) is 15.1. The predicted molar refractivity (Wildman–Crippen MR) is 101 cm³/mol. The second-order valence-electron chi connectivity index (χ2n) is 8.84. The Morgan fingerprint density at radius 1 is 0.955 bits per heavy atom. The van der Waals surface area contributed by atoms with Crippen molar-refractivity contribution in [2.24, 2.45) is 4.41 Å². The summed E-state index contributed by atoms with van der Waals surface area (Å²) in [7, 11) is -5.69. The van der Waals surface area contributed by atoms with E-state index in [0.717, 1.165) is 0 Å². The third kappa shape index (κ3) is 8.15. The Balaban J connectivity index is 6.10. The van der Waals surface area contributed by atoms with E-state index in [1.54, 1.807) is 0 Å². The highest BCUT2D eigenvalue weighted by molar-refractivity contribution is 7.92. The van der Waals surface area contributed by atoms with Crippen LogP contribution in [-0.4, -0.2) is 42.1 Å². The Morgan fingerprint density at radius 2 is 1.32 bits per heavy atom.